The second-order valence-electron chi connectivity index (χ2n) is 3.31. The first-order chi connectivity index (χ1) is 5.70. The smallest absolute Gasteiger partial charge is 0.236 e. The van der Waals surface area contributed by atoms with Gasteiger partial charge in [0.05, 0.1) is 19.2 Å². The van der Waals surface area contributed by atoms with Crippen LogP contribution in [0.4, 0.5) is 0 Å². The minimum Gasteiger partial charge on any atom is -0.394 e. The Morgan fingerprint density at radius 2 is 2.42 bits per heavy atom. The summed E-state index contributed by atoms with van der Waals surface area (Å²) in [5.41, 5.74) is 5.24. The number of aliphatic hydroxyl groups excluding tert-OH is 1. The number of aliphatic hydroxyl groups is 1. The maximum absolute atomic E-state index is 11.2. The standard InChI is InChI=1S/C8H16N2O2/c1-6-2-3-10(7(6)5-11)8(12)4-9/h6-7,11H,2-5,9H2,1H3. The van der Waals surface area contributed by atoms with Crippen molar-refractivity contribution in [3.8, 4) is 0 Å². The molecule has 2 unspecified atom stereocenters. The van der Waals surface area contributed by atoms with E-state index in [-0.39, 0.29) is 25.1 Å². The lowest BCUT2D eigenvalue weighted by Gasteiger charge is -2.24. The molecule has 1 fully saturated rings. The average Bonchev–Trinajstić information content (AvgIpc) is 2.45. The molecule has 1 aliphatic heterocycles. The zero-order valence-electron chi connectivity index (χ0n) is 7.36. The molecule has 0 aromatic rings. The van der Waals surface area contributed by atoms with Crippen LogP contribution in [0.3, 0.4) is 0 Å². The third-order valence-corrected chi connectivity index (χ3v) is 2.56. The highest BCUT2D eigenvalue weighted by Crippen LogP contribution is 2.22. The third kappa shape index (κ3) is 1.59. The number of amides is 1. The number of likely N-dealkylation sites (tertiary alicyclic amines) is 1. The Morgan fingerprint density at radius 1 is 1.75 bits per heavy atom. The van der Waals surface area contributed by atoms with Crippen molar-refractivity contribution in [2.45, 2.75) is 19.4 Å². The Hall–Kier alpha value is -0.610. The molecular formula is C8H16N2O2. The van der Waals surface area contributed by atoms with E-state index in [2.05, 4.69) is 0 Å². The van der Waals surface area contributed by atoms with Crippen LogP contribution < -0.4 is 5.73 Å². The fourth-order valence-corrected chi connectivity index (χ4v) is 1.71. The van der Waals surface area contributed by atoms with Crippen LogP contribution in [0.25, 0.3) is 0 Å². The first-order valence-corrected chi connectivity index (χ1v) is 4.31. The molecule has 3 N–H and O–H groups in total. The van der Waals surface area contributed by atoms with Gasteiger partial charge in [-0.15, -0.1) is 0 Å². The molecule has 0 bridgehead atoms. The van der Waals surface area contributed by atoms with Gasteiger partial charge in [-0.25, -0.2) is 0 Å². The van der Waals surface area contributed by atoms with Crippen LogP contribution in [0.15, 0.2) is 0 Å². The number of nitrogens with zero attached hydrogens (tertiary/aromatic N) is 1. The fraction of sp³-hybridized carbons (Fsp3) is 0.875. The van der Waals surface area contributed by atoms with E-state index >= 15 is 0 Å². The Balaban J connectivity index is 2.60. The largest absolute Gasteiger partial charge is 0.394 e. The molecule has 2 atom stereocenters. The molecule has 1 amide bonds. The SMILES string of the molecule is CC1CCN(C(=O)CN)C1CO. The molecule has 1 heterocycles. The van der Waals surface area contributed by atoms with Crippen molar-refractivity contribution in [2.24, 2.45) is 11.7 Å². The van der Waals surface area contributed by atoms with E-state index in [0.29, 0.717) is 5.92 Å². The van der Waals surface area contributed by atoms with E-state index in [1.807, 2.05) is 6.92 Å². The Labute approximate surface area is 72.3 Å². The summed E-state index contributed by atoms with van der Waals surface area (Å²) in [6.07, 6.45) is 0.969. The molecule has 70 valence electrons. The van der Waals surface area contributed by atoms with Crippen LogP contribution >= 0.6 is 0 Å². The second kappa shape index (κ2) is 3.87. The lowest BCUT2D eigenvalue weighted by molar-refractivity contribution is -0.131. The van der Waals surface area contributed by atoms with Gasteiger partial charge in [0.1, 0.15) is 0 Å². The molecule has 0 aliphatic carbocycles. The van der Waals surface area contributed by atoms with Gasteiger partial charge in [-0.05, 0) is 12.3 Å². The van der Waals surface area contributed by atoms with Crippen molar-refractivity contribution in [1.29, 1.82) is 0 Å². The monoisotopic (exact) mass is 172 g/mol. The summed E-state index contributed by atoms with van der Waals surface area (Å²) >= 11 is 0. The van der Waals surface area contributed by atoms with E-state index in [1.54, 1.807) is 4.90 Å². The van der Waals surface area contributed by atoms with Gasteiger partial charge in [0.15, 0.2) is 0 Å². The van der Waals surface area contributed by atoms with Gasteiger partial charge < -0.3 is 15.7 Å². The van der Waals surface area contributed by atoms with Crippen LogP contribution in [0, 0.1) is 5.92 Å². The highest BCUT2D eigenvalue weighted by Gasteiger charge is 2.32. The van der Waals surface area contributed by atoms with Gasteiger partial charge in [-0.1, -0.05) is 6.92 Å². The number of carbonyl (C=O) groups excluding carboxylic acids is 1. The molecule has 4 heteroatoms. The Morgan fingerprint density at radius 3 is 2.92 bits per heavy atom. The number of nitrogens with two attached hydrogens (primary N) is 1. The molecule has 0 radical (unpaired) electrons. The van der Waals surface area contributed by atoms with Crippen molar-refractivity contribution >= 4 is 5.91 Å². The van der Waals surface area contributed by atoms with Crippen molar-refractivity contribution in [3.05, 3.63) is 0 Å². The molecule has 1 saturated heterocycles. The number of carbonyl (C=O) groups is 1. The minimum atomic E-state index is -0.0570. The maximum Gasteiger partial charge on any atom is 0.236 e. The van der Waals surface area contributed by atoms with Crippen LogP contribution in [0.1, 0.15) is 13.3 Å². The molecule has 0 spiro atoms. The molecule has 0 saturated carbocycles. The molecule has 1 rings (SSSR count). The fourth-order valence-electron chi connectivity index (χ4n) is 1.71. The number of hydrogen-bond acceptors (Lipinski definition) is 3. The van der Waals surface area contributed by atoms with Gasteiger partial charge in [-0.3, -0.25) is 4.79 Å². The minimum absolute atomic E-state index is 0.0129. The quantitative estimate of drug-likeness (QED) is 0.571. The van der Waals surface area contributed by atoms with Crippen molar-refractivity contribution in [2.75, 3.05) is 19.7 Å². The predicted molar refractivity (Wildman–Crippen MR) is 45.4 cm³/mol. The highest BCUT2D eigenvalue weighted by molar-refractivity contribution is 5.78. The predicted octanol–water partition coefficient (Wildman–Crippen LogP) is -0.826. The van der Waals surface area contributed by atoms with E-state index in [9.17, 15) is 4.79 Å². The van der Waals surface area contributed by atoms with Crippen LogP contribution in [0.5, 0.6) is 0 Å². The molecule has 4 nitrogen and oxygen atoms in total. The molecular weight excluding hydrogens is 156 g/mol. The summed E-state index contributed by atoms with van der Waals surface area (Å²) in [4.78, 5) is 12.9. The molecule has 1 aliphatic rings. The Bertz CT molecular complexity index is 172. The van der Waals surface area contributed by atoms with Gasteiger partial charge >= 0.3 is 0 Å². The van der Waals surface area contributed by atoms with E-state index < -0.39 is 0 Å². The number of hydrogen-bond donors (Lipinski definition) is 2. The summed E-state index contributed by atoms with van der Waals surface area (Å²) in [5.74, 6) is 0.337. The first-order valence-electron chi connectivity index (χ1n) is 4.31. The normalized spacial score (nSPS) is 29.4. The third-order valence-electron chi connectivity index (χ3n) is 2.56. The van der Waals surface area contributed by atoms with E-state index in [0.717, 1.165) is 13.0 Å². The summed E-state index contributed by atoms with van der Waals surface area (Å²) < 4.78 is 0. The summed E-state index contributed by atoms with van der Waals surface area (Å²) in [6, 6.07) is -0.0129. The molecule has 0 aromatic carbocycles. The maximum atomic E-state index is 11.2. The van der Waals surface area contributed by atoms with Gasteiger partial charge in [-0.2, -0.15) is 0 Å². The zero-order valence-corrected chi connectivity index (χ0v) is 7.36. The van der Waals surface area contributed by atoms with Gasteiger partial charge in [0, 0.05) is 6.54 Å². The lowest BCUT2D eigenvalue weighted by Crippen LogP contribution is -2.42. The van der Waals surface area contributed by atoms with Crippen LogP contribution in [-0.2, 0) is 4.79 Å². The van der Waals surface area contributed by atoms with Crippen molar-refractivity contribution in [1.82, 2.24) is 4.90 Å². The Kier molecular flexibility index (Phi) is 3.05. The van der Waals surface area contributed by atoms with Crippen molar-refractivity contribution < 1.29 is 9.90 Å². The van der Waals surface area contributed by atoms with Crippen molar-refractivity contribution in [3.63, 3.8) is 0 Å². The van der Waals surface area contributed by atoms with E-state index in [4.69, 9.17) is 10.8 Å². The second-order valence-corrected chi connectivity index (χ2v) is 3.31. The first kappa shape index (κ1) is 9.48. The van der Waals surface area contributed by atoms with Gasteiger partial charge in [0.25, 0.3) is 0 Å². The highest BCUT2D eigenvalue weighted by atomic mass is 16.3. The van der Waals surface area contributed by atoms with Crippen LogP contribution in [-0.4, -0.2) is 41.7 Å². The summed E-state index contributed by atoms with van der Waals surface area (Å²) in [7, 11) is 0. The summed E-state index contributed by atoms with van der Waals surface area (Å²) in [5, 5.41) is 9.02. The average molecular weight is 172 g/mol. The van der Waals surface area contributed by atoms with E-state index in [1.165, 1.54) is 0 Å². The topological polar surface area (TPSA) is 66.6 Å². The van der Waals surface area contributed by atoms with Crippen LogP contribution in [0.2, 0.25) is 0 Å². The van der Waals surface area contributed by atoms with Gasteiger partial charge in [0.2, 0.25) is 5.91 Å². The summed E-state index contributed by atoms with van der Waals surface area (Å²) in [6.45, 7) is 2.88. The number of rotatable bonds is 2. The lowest BCUT2D eigenvalue weighted by atomic mass is 10.0. The molecule has 12 heavy (non-hydrogen) atoms. The zero-order chi connectivity index (χ0) is 9.14. The molecule has 0 aromatic heterocycles.